The minimum atomic E-state index is -0.436. The lowest BCUT2D eigenvalue weighted by atomic mass is 9.97. The van der Waals surface area contributed by atoms with Gasteiger partial charge in [0, 0.05) is 12.5 Å². The quantitative estimate of drug-likeness (QED) is 0.697. The maximum Gasteiger partial charge on any atom is 0.225 e. The minimum Gasteiger partial charge on any atom is -0.391 e. The molecule has 0 aromatic rings. The van der Waals surface area contributed by atoms with Crippen molar-refractivity contribution in [2.45, 2.75) is 45.8 Å². The SMILES string of the molecule is CC1CCCN(C(C)C(C)O)C1=O. The third-order valence-electron chi connectivity index (χ3n) is 2.93. The Hall–Kier alpha value is -0.570. The number of aliphatic hydroxyl groups is 1. The lowest BCUT2D eigenvalue weighted by molar-refractivity contribution is -0.142. The summed E-state index contributed by atoms with van der Waals surface area (Å²) >= 11 is 0. The van der Waals surface area contributed by atoms with E-state index in [0.717, 1.165) is 19.4 Å². The van der Waals surface area contributed by atoms with Crippen molar-refractivity contribution in [2.75, 3.05) is 6.54 Å². The maximum atomic E-state index is 11.7. The first-order valence-electron chi connectivity index (χ1n) is 5.02. The van der Waals surface area contributed by atoms with Gasteiger partial charge in [0.25, 0.3) is 0 Å². The van der Waals surface area contributed by atoms with E-state index in [4.69, 9.17) is 0 Å². The normalized spacial score (nSPS) is 28.8. The highest BCUT2D eigenvalue weighted by atomic mass is 16.3. The van der Waals surface area contributed by atoms with Crippen LogP contribution in [0.25, 0.3) is 0 Å². The van der Waals surface area contributed by atoms with E-state index in [0.29, 0.717) is 0 Å². The number of piperidine rings is 1. The van der Waals surface area contributed by atoms with Gasteiger partial charge in [0.1, 0.15) is 0 Å². The Kier molecular flexibility index (Phi) is 3.31. The number of amides is 1. The van der Waals surface area contributed by atoms with Gasteiger partial charge >= 0.3 is 0 Å². The van der Waals surface area contributed by atoms with Crippen molar-refractivity contribution in [1.29, 1.82) is 0 Å². The Morgan fingerprint density at radius 2 is 2.15 bits per heavy atom. The number of carbonyl (C=O) groups is 1. The number of carbonyl (C=O) groups excluding carboxylic acids is 1. The van der Waals surface area contributed by atoms with Crippen molar-refractivity contribution in [3.8, 4) is 0 Å². The highest BCUT2D eigenvalue weighted by Gasteiger charge is 2.30. The Labute approximate surface area is 79.7 Å². The molecule has 1 aliphatic heterocycles. The first kappa shape index (κ1) is 10.5. The fraction of sp³-hybridized carbons (Fsp3) is 0.900. The van der Waals surface area contributed by atoms with Crippen molar-refractivity contribution in [2.24, 2.45) is 5.92 Å². The van der Waals surface area contributed by atoms with Crippen LogP contribution in [0.4, 0.5) is 0 Å². The summed E-state index contributed by atoms with van der Waals surface area (Å²) in [6.07, 6.45) is 1.61. The summed E-state index contributed by atoms with van der Waals surface area (Å²) in [6, 6.07) is -0.0461. The van der Waals surface area contributed by atoms with Crippen molar-refractivity contribution >= 4 is 5.91 Å². The molecular weight excluding hydrogens is 166 g/mol. The number of aliphatic hydroxyl groups excluding tert-OH is 1. The van der Waals surface area contributed by atoms with Gasteiger partial charge in [-0.1, -0.05) is 6.92 Å². The van der Waals surface area contributed by atoms with Crippen LogP contribution in [0.1, 0.15) is 33.6 Å². The van der Waals surface area contributed by atoms with Gasteiger partial charge in [-0.25, -0.2) is 0 Å². The molecule has 0 bridgehead atoms. The summed E-state index contributed by atoms with van der Waals surface area (Å²) in [5.74, 6) is 0.328. The zero-order chi connectivity index (χ0) is 10.0. The number of hydrogen-bond donors (Lipinski definition) is 1. The lowest BCUT2D eigenvalue weighted by Gasteiger charge is -2.36. The summed E-state index contributed by atoms with van der Waals surface area (Å²) in [5, 5.41) is 9.38. The van der Waals surface area contributed by atoms with E-state index in [-0.39, 0.29) is 17.9 Å². The molecule has 3 unspecified atom stereocenters. The van der Waals surface area contributed by atoms with E-state index < -0.39 is 6.10 Å². The first-order chi connectivity index (χ1) is 6.04. The van der Waals surface area contributed by atoms with Crippen LogP contribution in [0.3, 0.4) is 0 Å². The predicted octanol–water partition coefficient (Wildman–Crippen LogP) is 1.01. The highest BCUT2D eigenvalue weighted by Crippen LogP contribution is 2.20. The predicted molar refractivity (Wildman–Crippen MR) is 51.3 cm³/mol. The maximum absolute atomic E-state index is 11.7. The van der Waals surface area contributed by atoms with Crippen LogP contribution in [0.5, 0.6) is 0 Å². The van der Waals surface area contributed by atoms with Gasteiger partial charge in [-0.2, -0.15) is 0 Å². The molecule has 1 heterocycles. The van der Waals surface area contributed by atoms with Crippen LogP contribution in [0, 0.1) is 5.92 Å². The second kappa shape index (κ2) is 4.09. The monoisotopic (exact) mass is 185 g/mol. The molecule has 0 spiro atoms. The van der Waals surface area contributed by atoms with E-state index >= 15 is 0 Å². The molecule has 0 aromatic carbocycles. The van der Waals surface area contributed by atoms with E-state index in [9.17, 15) is 9.90 Å². The average molecular weight is 185 g/mol. The van der Waals surface area contributed by atoms with Crippen LogP contribution in [-0.2, 0) is 4.79 Å². The van der Waals surface area contributed by atoms with Crippen molar-refractivity contribution in [3.63, 3.8) is 0 Å². The molecule has 1 saturated heterocycles. The molecule has 1 N–H and O–H groups in total. The fourth-order valence-electron chi connectivity index (χ4n) is 1.75. The molecule has 13 heavy (non-hydrogen) atoms. The molecule has 76 valence electrons. The second-order valence-corrected chi connectivity index (χ2v) is 4.06. The van der Waals surface area contributed by atoms with Gasteiger partial charge in [0.2, 0.25) is 5.91 Å². The summed E-state index contributed by atoms with van der Waals surface area (Å²) in [6.45, 7) is 6.40. The molecule has 3 nitrogen and oxygen atoms in total. The van der Waals surface area contributed by atoms with E-state index in [2.05, 4.69) is 0 Å². The van der Waals surface area contributed by atoms with Crippen LogP contribution in [0.2, 0.25) is 0 Å². The van der Waals surface area contributed by atoms with Crippen molar-refractivity contribution in [3.05, 3.63) is 0 Å². The van der Waals surface area contributed by atoms with Gasteiger partial charge in [-0.05, 0) is 26.7 Å². The van der Waals surface area contributed by atoms with Crippen molar-refractivity contribution in [1.82, 2.24) is 4.90 Å². The zero-order valence-corrected chi connectivity index (χ0v) is 8.66. The fourth-order valence-corrected chi connectivity index (χ4v) is 1.75. The summed E-state index contributed by atoms with van der Waals surface area (Å²) in [5.41, 5.74) is 0. The second-order valence-electron chi connectivity index (χ2n) is 4.06. The molecule has 1 rings (SSSR count). The molecule has 1 amide bonds. The third kappa shape index (κ3) is 2.21. The average Bonchev–Trinajstić information content (AvgIpc) is 2.08. The Morgan fingerprint density at radius 1 is 1.54 bits per heavy atom. The molecule has 1 aliphatic rings. The van der Waals surface area contributed by atoms with Gasteiger partial charge < -0.3 is 10.0 Å². The van der Waals surface area contributed by atoms with Crippen LogP contribution in [-0.4, -0.2) is 34.6 Å². The van der Waals surface area contributed by atoms with E-state index in [1.54, 1.807) is 11.8 Å². The number of rotatable bonds is 2. The molecule has 3 heteroatoms. The summed E-state index contributed by atoms with van der Waals surface area (Å²) in [7, 11) is 0. The molecule has 0 radical (unpaired) electrons. The third-order valence-corrected chi connectivity index (χ3v) is 2.93. The van der Waals surface area contributed by atoms with Crippen LogP contribution in [0.15, 0.2) is 0 Å². The molecule has 1 fully saturated rings. The molecule has 0 aromatic heterocycles. The standard InChI is InChI=1S/C10H19NO2/c1-7-5-4-6-11(10(7)13)8(2)9(3)12/h7-9,12H,4-6H2,1-3H3. The van der Waals surface area contributed by atoms with Crippen molar-refractivity contribution < 1.29 is 9.90 Å². The minimum absolute atomic E-state index is 0.0461. The largest absolute Gasteiger partial charge is 0.391 e. The smallest absolute Gasteiger partial charge is 0.225 e. The Bertz CT molecular complexity index is 191. The molecular formula is C10H19NO2. The highest BCUT2D eigenvalue weighted by molar-refractivity contribution is 5.79. The lowest BCUT2D eigenvalue weighted by Crippen LogP contribution is -2.49. The molecule has 0 aliphatic carbocycles. The summed E-state index contributed by atoms with van der Waals surface area (Å²) in [4.78, 5) is 13.5. The Morgan fingerprint density at radius 3 is 2.69 bits per heavy atom. The zero-order valence-electron chi connectivity index (χ0n) is 8.66. The Balaban J connectivity index is 2.62. The van der Waals surface area contributed by atoms with Crippen LogP contribution < -0.4 is 0 Å². The molecule has 0 saturated carbocycles. The number of likely N-dealkylation sites (tertiary alicyclic amines) is 1. The topological polar surface area (TPSA) is 40.5 Å². The van der Waals surface area contributed by atoms with Gasteiger partial charge in [0.05, 0.1) is 12.1 Å². The number of hydrogen-bond acceptors (Lipinski definition) is 2. The summed E-state index contributed by atoms with van der Waals surface area (Å²) < 4.78 is 0. The van der Waals surface area contributed by atoms with E-state index in [1.165, 1.54) is 0 Å². The first-order valence-corrected chi connectivity index (χ1v) is 5.02. The molecule has 3 atom stereocenters. The number of nitrogens with zero attached hydrogens (tertiary/aromatic N) is 1. The van der Waals surface area contributed by atoms with Gasteiger partial charge in [0.15, 0.2) is 0 Å². The van der Waals surface area contributed by atoms with Gasteiger partial charge in [-0.15, -0.1) is 0 Å². The van der Waals surface area contributed by atoms with Gasteiger partial charge in [-0.3, -0.25) is 4.79 Å². The van der Waals surface area contributed by atoms with Crippen LogP contribution >= 0.6 is 0 Å². The van der Waals surface area contributed by atoms with E-state index in [1.807, 2.05) is 13.8 Å².